The molecule has 0 fully saturated rings. The lowest BCUT2D eigenvalue weighted by Gasteiger charge is -2.07. The average Bonchev–Trinajstić information content (AvgIpc) is 2.64. The predicted octanol–water partition coefficient (Wildman–Crippen LogP) is 5.95. The van der Waals surface area contributed by atoms with Crippen LogP contribution in [0.1, 0.15) is 11.1 Å². The highest BCUT2D eigenvalue weighted by Gasteiger charge is 2.07. The van der Waals surface area contributed by atoms with Crippen LogP contribution < -0.4 is 0 Å². The van der Waals surface area contributed by atoms with Crippen LogP contribution >= 0.6 is 23.2 Å². The summed E-state index contributed by atoms with van der Waals surface area (Å²) >= 11 is 11.8. The number of carbonyl (C=O) groups is 1. The molecule has 3 rings (SSSR count). The van der Waals surface area contributed by atoms with Crippen LogP contribution in [0.2, 0.25) is 10.0 Å². The van der Waals surface area contributed by atoms with Gasteiger partial charge in [-0.1, -0.05) is 83.9 Å². The van der Waals surface area contributed by atoms with Gasteiger partial charge in [0.2, 0.25) is 0 Å². The molecule has 0 unspecified atom stereocenters. The first-order valence-electron chi connectivity index (χ1n) is 7.86. The van der Waals surface area contributed by atoms with E-state index in [9.17, 15) is 4.79 Å². The molecule has 0 spiro atoms. The minimum atomic E-state index is -0.300. The maximum absolute atomic E-state index is 12.0. The molecular formula is C21H16Cl2O2. The molecule has 4 heteroatoms. The Morgan fingerprint density at radius 2 is 1.40 bits per heavy atom. The minimum Gasteiger partial charge on any atom is -0.461 e. The van der Waals surface area contributed by atoms with Gasteiger partial charge < -0.3 is 4.74 Å². The highest BCUT2D eigenvalue weighted by molar-refractivity contribution is 6.42. The first kappa shape index (κ1) is 17.5. The molecule has 0 amide bonds. The standard InChI is InChI=1S/C21H16Cl2O2/c22-19-11-8-16(12-20(19)23)13-21(24)25-14-15-6-9-18(10-7-15)17-4-2-1-3-5-17/h1-12H,13-14H2. The molecule has 0 aromatic heterocycles. The molecule has 126 valence electrons. The van der Waals surface area contributed by atoms with Crippen LogP contribution in [0.15, 0.2) is 72.8 Å². The summed E-state index contributed by atoms with van der Waals surface area (Å²) in [5.41, 5.74) is 4.01. The molecule has 0 aliphatic rings. The molecule has 2 nitrogen and oxygen atoms in total. The number of hydrogen-bond donors (Lipinski definition) is 0. The molecule has 0 saturated carbocycles. The first-order chi connectivity index (χ1) is 12.1. The smallest absolute Gasteiger partial charge is 0.310 e. The zero-order chi connectivity index (χ0) is 17.6. The summed E-state index contributed by atoms with van der Waals surface area (Å²) in [4.78, 5) is 12.0. The van der Waals surface area contributed by atoms with Gasteiger partial charge in [0, 0.05) is 0 Å². The van der Waals surface area contributed by atoms with E-state index in [4.69, 9.17) is 27.9 Å². The van der Waals surface area contributed by atoms with Crippen LogP contribution in [0.3, 0.4) is 0 Å². The third-order valence-corrected chi connectivity index (χ3v) is 4.53. The van der Waals surface area contributed by atoms with Gasteiger partial charge in [0.05, 0.1) is 16.5 Å². The second-order valence-electron chi connectivity index (χ2n) is 5.65. The summed E-state index contributed by atoms with van der Waals surface area (Å²) < 4.78 is 5.33. The fourth-order valence-electron chi connectivity index (χ4n) is 2.46. The van der Waals surface area contributed by atoms with Crippen molar-refractivity contribution >= 4 is 29.2 Å². The van der Waals surface area contributed by atoms with E-state index in [0.717, 1.165) is 22.3 Å². The number of carbonyl (C=O) groups excluding carboxylic acids is 1. The number of halogens is 2. The third kappa shape index (κ3) is 4.85. The molecule has 0 saturated heterocycles. The van der Waals surface area contributed by atoms with Crippen LogP contribution in [0.5, 0.6) is 0 Å². The van der Waals surface area contributed by atoms with E-state index in [1.54, 1.807) is 18.2 Å². The lowest BCUT2D eigenvalue weighted by atomic mass is 10.0. The van der Waals surface area contributed by atoms with Gasteiger partial charge in [0.1, 0.15) is 6.61 Å². The molecule has 0 radical (unpaired) electrons. The van der Waals surface area contributed by atoms with Crippen molar-refractivity contribution in [2.24, 2.45) is 0 Å². The van der Waals surface area contributed by atoms with Gasteiger partial charge in [-0.15, -0.1) is 0 Å². The van der Waals surface area contributed by atoms with Gasteiger partial charge >= 0.3 is 5.97 Å². The zero-order valence-corrected chi connectivity index (χ0v) is 14.9. The second kappa shape index (κ2) is 8.19. The maximum Gasteiger partial charge on any atom is 0.310 e. The van der Waals surface area contributed by atoms with Crippen molar-refractivity contribution in [3.8, 4) is 11.1 Å². The summed E-state index contributed by atoms with van der Waals surface area (Å²) in [7, 11) is 0. The Bertz CT molecular complexity index is 859. The van der Waals surface area contributed by atoms with Crippen molar-refractivity contribution < 1.29 is 9.53 Å². The minimum absolute atomic E-state index is 0.166. The van der Waals surface area contributed by atoms with Crippen molar-refractivity contribution in [1.29, 1.82) is 0 Å². The van der Waals surface area contributed by atoms with E-state index in [-0.39, 0.29) is 19.0 Å². The van der Waals surface area contributed by atoms with Crippen molar-refractivity contribution in [2.75, 3.05) is 0 Å². The van der Waals surface area contributed by atoms with E-state index >= 15 is 0 Å². The summed E-state index contributed by atoms with van der Waals surface area (Å²) in [6.45, 7) is 0.245. The van der Waals surface area contributed by atoms with Crippen molar-refractivity contribution in [3.05, 3.63) is 94.0 Å². The van der Waals surface area contributed by atoms with Gasteiger partial charge in [-0.25, -0.2) is 0 Å². The van der Waals surface area contributed by atoms with Crippen LogP contribution in [0.25, 0.3) is 11.1 Å². The fourth-order valence-corrected chi connectivity index (χ4v) is 2.78. The molecule has 0 N–H and O–H groups in total. The van der Waals surface area contributed by atoms with E-state index in [1.807, 2.05) is 42.5 Å². The van der Waals surface area contributed by atoms with E-state index in [0.29, 0.717) is 10.0 Å². The van der Waals surface area contributed by atoms with Crippen LogP contribution in [0, 0.1) is 0 Å². The number of rotatable bonds is 5. The summed E-state index contributed by atoms with van der Waals surface area (Å²) in [5, 5.41) is 0.903. The largest absolute Gasteiger partial charge is 0.461 e. The average molecular weight is 371 g/mol. The lowest BCUT2D eigenvalue weighted by molar-refractivity contribution is -0.144. The number of benzene rings is 3. The molecule has 25 heavy (non-hydrogen) atoms. The van der Waals surface area contributed by atoms with Gasteiger partial charge in [-0.05, 0) is 34.4 Å². The Morgan fingerprint density at radius 3 is 2.08 bits per heavy atom. The van der Waals surface area contributed by atoms with E-state index in [1.165, 1.54) is 0 Å². The Hall–Kier alpha value is -2.29. The van der Waals surface area contributed by atoms with Crippen LogP contribution in [-0.4, -0.2) is 5.97 Å². The summed E-state index contributed by atoms with van der Waals surface area (Å²) in [5.74, 6) is -0.300. The SMILES string of the molecule is O=C(Cc1ccc(Cl)c(Cl)c1)OCc1ccc(-c2ccccc2)cc1. The van der Waals surface area contributed by atoms with Gasteiger partial charge in [-0.3, -0.25) is 4.79 Å². The molecule has 0 bridgehead atoms. The highest BCUT2D eigenvalue weighted by Crippen LogP contribution is 2.23. The van der Waals surface area contributed by atoms with Crippen molar-refractivity contribution in [2.45, 2.75) is 13.0 Å². The first-order valence-corrected chi connectivity index (χ1v) is 8.61. The molecule has 0 aliphatic heterocycles. The highest BCUT2D eigenvalue weighted by atomic mass is 35.5. The predicted molar refractivity (Wildman–Crippen MR) is 102 cm³/mol. The molecule has 3 aromatic carbocycles. The monoisotopic (exact) mass is 370 g/mol. The van der Waals surface area contributed by atoms with Crippen LogP contribution in [-0.2, 0) is 22.6 Å². The third-order valence-electron chi connectivity index (χ3n) is 3.79. The molecule has 3 aromatic rings. The summed E-state index contributed by atoms with van der Waals surface area (Å²) in [6.07, 6.45) is 0.166. The normalized spacial score (nSPS) is 10.5. The molecule has 0 atom stereocenters. The van der Waals surface area contributed by atoms with Gasteiger partial charge in [-0.2, -0.15) is 0 Å². The lowest BCUT2D eigenvalue weighted by Crippen LogP contribution is -2.08. The number of hydrogen-bond acceptors (Lipinski definition) is 2. The Morgan fingerprint density at radius 1 is 0.760 bits per heavy atom. The topological polar surface area (TPSA) is 26.3 Å². The van der Waals surface area contributed by atoms with Gasteiger partial charge in [0.15, 0.2) is 0 Å². The van der Waals surface area contributed by atoms with Crippen molar-refractivity contribution in [1.82, 2.24) is 0 Å². The van der Waals surface area contributed by atoms with E-state index in [2.05, 4.69) is 12.1 Å². The number of esters is 1. The van der Waals surface area contributed by atoms with Gasteiger partial charge in [0.25, 0.3) is 0 Å². The zero-order valence-electron chi connectivity index (χ0n) is 13.4. The Kier molecular flexibility index (Phi) is 5.75. The Labute approximate surface area is 157 Å². The molecular weight excluding hydrogens is 355 g/mol. The van der Waals surface area contributed by atoms with Crippen LogP contribution in [0.4, 0.5) is 0 Å². The van der Waals surface area contributed by atoms with E-state index < -0.39 is 0 Å². The fraction of sp³-hybridized carbons (Fsp3) is 0.0952. The number of ether oxygens (including phenoxy) is 1. The molecule has 0 heterocycles. The maximum atomic E-state index is 12.0. The quantitative estimate of drug-likeness (QED) is 0.519. The Balaban J connectivity index is 1.56. The van der Waals surface area contributed by atoms with Crippen molar-refractivity contribution in [3.63, 3.8) is 0 Å². The molecule has 0 aliphatic carbocycles. The summed E-state index contributed by atoms with van der Waals surface area (Å²) in [6, 6.07) is 23.2. The second-order valence-corrected chi connectivity index (χ2v) is 6.46.